The molecule has 0 saturated carbocycles. The minimum atomic E-state index is -0.594. The first-order chi connectivity index (χ1) is 6.88. The van der Waals surface area contributed by atoms with Crippen molar-refractivity contribution in [1.29, 1.82) is 0 Å². The molecule has 2 amide bonds. The minimum absolute atomic E-state index is 0.148. The Morgan fingerprint density at radius 2 is 2.07 bits per heavy atom. The SMILES string of the molecule is CCCC(O)CN1C(=O)CC(C)(C)C1=O. The maximum Gasteiger partial charge on any atom is 0.235 e. The normalized spacial score (nSPS) is 22.3. The molecule has 0 bridgehead atoms. The fourth-order valence-electron chi connectivity index (χ4n) is 1.85. The van der Waals surface area contributed by atoms with E-state index in [-0.39, 0.29) is 24.8 Å². The molecule has 0 aromatic heterocycles. The quantitative estimate of drug-likeness (QED) is 0.707. The number of aliphatic hydroxyl groups excluding tert-OH is 1. The molecule has 1 atom stereocenters. The molecule has 86 valence electrons. The Labute approximate surface area is 90.3 Å². The number of β-amino-alcohol motifs (C(OH)–C–C–N with tert-alkyl or cyclic N) is 1. The van der Waals surface area contributed by atoms with E-state index in [9.17, 15) is 14.7 Å². The van der Waals surface area contributed by atoms with Gasteiger partial charge in [-0.15, -0.1) is 0 Å². The molecule has 1 N–H and O–H groups in total. The molecule has 1 aliphatic rings. The Morgan fingerprint density at radius 1 is 1.47 bits per heavy atom. The zero-order chi connectivity index (χ0) is 11.6. The van der Waals surface area contributed by atoms with Gasteiger partial charge in [0.25, 0.3) is 0 Å². The highest BCUT2D eigenvalue weighted by molar-refractivity contribution is 6.05. The van der Waals surface area contributed by atoms with E-state index >= 15 is 0 Å². The topological polar surface area (TPSA) is 57.6 Å². The molecular formula is C11H19NO3. The zero-order valence-electron chi connectivity index (χ0n) is 9.62. The van der Waals surface area contributed by atoms with Crippen LogP contribution in [0.4, 0.5) is 0 Å². The van der Waals surface area contributed by atoms with Crippen molar-refractivity contribution < 1.29 is 14.7 Å². The number of carbonyl (C=O) groups excluding carboxylic acids is 2. The third kappa shape index (κ3) is 2.56. The zero-order valence-corrected chi connectivity index (χ0v) is 9.62. The van der Waals surface area contributed by atoms with Crippen molar-refractivity contribution in [2.24, 2.45) is 5.41 Å². The van der Waals surface area contributed by atoms with Gasteiger partial charge >= 0.3 is 0 Å². The highest BCUT2D eigenvalue weighted by atomic mass is 16.3. The predicted molar refractivity (Wildman–Crippen MR) is 56.0 cm³/mol. The van der Waals surface area contributed by atoms with Crippen LogP contribution in [-0.2, 0) is 9.59 Å². The van der Waals surface area contributed by atoms with Gasteiger partial charge in [-0.2, -0.15) is 0 Å². The van der Waals surface area contributed by atoms with Gasteiger partial charge in [-0.25, -0.2) is 0 Å². The third-order valence-corrected chi connectivity index (χ3v) is 2.73. The van der Waals surface area contributed by atoms with Crippen molar-refractivity contribution in [2.75, 3.05) is 6.54 Å². The smallest absolute Gasteiger partial charge is 0.235 e. The molecule has 1 unspecified atom stereocenters. The van der Waals surface area contributed by atoms with Crippen molar-refractivity contribution >= 4 is 11.8 Å². The van der Waals surface area contributed by atoms with Crippen LogP contribution < -0.4 is 0 Å². The molecule has 0 spiro atoms. The third-order valence-electron chi connectivity index (χ3n) is 2.73. The first-order valence-electron chi connectivity index (χ1n) is 5.41. The lowest BCUT2D eigenvalue weighted by atomic mass is 9.92. The summed E-state index contributed by atoms with van der Waals surface area (Å²) in [5.74, 6) is -0.331. The second-order valence-electron chi connectivity index (χ2n) is 4.81. The summed E-state index contributed by atoms with van der Waals surface area (Å²) in [6.07, 6.45) is 1.14. The molecule has 1 fully saturated rings. The molecule has 1 saturated heterocycles. The molecule has 0 aromatic rings. The van der Waals surface area contributed by atoms with Crippen LogP contribution in [0, 0.1) is 5.41 Å². The van der Waals surface area contributed by atoms with Crippen LogP contribution in [0.15, 0.2) is 0 Å². The summed E-state index contributed by atoms with van der Waals surface area (Å²) in [5, 5.41) is 9.57. The van der Waals surface area contributed by atoms with Gasteiger partial charge in [-0.3, -0.25) is 14.5 Å². The van der Waals surface area contributed by atoms with Gasteiger partial charge in [0, 0.05) is 6.42 Å². The Morgan fingerprint density at radius 3 is 2.47 bits per heavy atom. The molecule has 15 heavy (non-hydrogen) atoms. The molecule has 0 radical (unpaired) electrons. The highest BCUT2D eigenvalue weighted by Crippen LogP contribution is 2.31. The van der Waals surface area contributed by atoms with Crippen molar-refractivity contribution in [3.63, 3.8) is 0 Å². The van der Waals surface area contributed by atoms with Gasteiger partial charge in [0.2, 0.25) is 11.8 Å². The maximum absolute atomic E-state index is 11.8. The van der Waals surface area contributed by atoms with E-state index in [1.165, 1.54) is 4.90 Å². The summed E-state index contributed by atoms with van der Waals surface area (Å²) in [4.78, 5) is 24.5. The van der Waals surface area contributed by atoms with E-state index in [1.54, 1.807) is 13.8 Å². The van der Waals surface area contributed by atoms with Gasteiger partial charge in [0.05, 0.1) is 18.1 Å². The number of rotatable bonds is 4. The Bertz CT molecular complexity index is 273. The lowest BCUT2D eigenvalue weighted by Gasteiger charge is -2.20. The number of carbonyl (C=O) groups is 2. The lowest BCUT2D eigenvalue weighted by molar-refractivity contribution is -0.142. The number of hydrogen-bond donors (Lipinski definition) is 1. The van der Waals surface area contributed by atoms with Crippen molar-refractivity contribution in [3.05, 3.63) is 0 Å². The number of hydrogen-bond acceptors (Lipinski definition) is 3. The van der Waals surface area contributed by atoms with E-state index in [2.05, 4.69) is 0 Å². The Kier molecular flexibility index (Phi) is 3.50. The van der Waals surface area contributed by atoms with Crippen molar-refractivity contribution in [3.8, 4) is 0 Å². The monoisotopic (exact) mass is 213 g/mol. The summed E-state index contributed by atoms with van der Waals surface area (Å²) >= 11 is 0. The molecular weight excluding hydrogens is 194 g/mol. The van der Waals surface area contributed by atoms with E-state index in [0.29, 0.717) is 6.42 Å². The average Bonchev–Trinajstić information content (AvgIpc) is 2.28. The van der Waals surface area contributed by atoms with Gasteiger partial charge in [-0.1, -0.05) is 27.2 Å². The van der Waals surface area contributed by atoms with E-state index in [1.807, 2.05) is 6.92 Å². The Balaban J connectivity index is 2.63. The van der Waals surface area contributed by atoms with Crippen LogP contribution in [0.3, 0.4) is 0 Å². The maximum atomic E-state index is 11.8. The summed E-state index contributed by atoms with van der Waals surface area (Å²) in [7, 11) is 0. The van der Waals surface area contributed by atoms with Crippen LogP contribution in [0.25, 0.3) is 0 Å². The molecule has 1 rings (SSSR count). The fraction of sp³-hybridized carbons (Fsp3) is 0.818. The summed E-state index contributed by atoms with van der Waals surface area (Å²) in [5.41, 5.74) is -0.594. The second-order valence-corrected chi connectivity index (χ2v) is 4.81. The summed E-state index contributed by atoms with van der Waals surface area (Å²) < 4.78 is 0. The van der Waals surface area contributed by atoms with Crippen LogP contribution >= 0.6 is 0 Å². The van der Waals surface area contributed by atoms with Gasteiger partial charge in [0.1, 0.15) is 0 Å². The fourth-order valence-corrected chi connectivity index (χ4v) is 1.85. The van der Waals surface area contributed by atoms with Gasteiger partial charge in [-0.05, 0) is 6.42 Å². The molecule has 1 heterocycles. The number of imide groups is 1. The van der Waals surface area contributed by atoms with E-state index in [4.69, 9.17) is 0 Å². The number of amides is 2. The molecule has 4 heteroatoms. The summed E-state index contributed by atoms with van der Waals surface area (Å²) in [6, 6.07) is 0. The number of aliphatic hydroxyl groups is 1. The molecule has 4 nitrogen and oxygen atoms in total. The number of likely N-dealkylation sites (tertiary alicyclic amines) is 1. The minimum Gasteiger partial charge on any atom is -0.391 e. The molecule has 1 aliphatic heterocycles. The second kappa shape index (κ2) is 4.31. The first kappa shape index (κ1) is 12.2. The van der Waals surface area contributed by atoms with Gasteiger partial charge < -0.3 is 5.11 Å². The van der Waals surface area contributed by atoms with Crippen molar-refractivity contribution in [2.45, 2.75) is 46.1 Å². The van der Waals surface area contributed by atoms with Crippen molar-refractivity contribution in [1.82, 2.24) is 4.90 Å². The van der Waals surface area contributed by atoms with Crippen LogP contribution in [0.5, 0.6) is 0 Å². The van der Waals surface area contributed by atoms with E-state index < -0.39 is 11.5 Å². The molecule has 0 aliphatic carbocycles. The highest BCUT2D eigenvalue weighted by Gasteiger charge is 2.44. The van der Waals surface area contributed by atoms with Crippen LogP contribution in [-0.4, -0.2) is 34.5 Å². The summed E-state index contributed by atoms with van der Waals surface area (Å²) in [6.45, 7) is 5.63. The van der Waals surface area contributed by atoms with Crippen LogP contribution in [0.1, 0.15) is 40.0 Å². The largest absolute Gasteiger partial charge is 0.391 e. The standard InChI is InChI=1S/C11H19NO3/c1-4-5-8(13)7-12-9(14)6-11(2,3)10(12)15/h8,13H,4-7H2,1-3H3. The average molecular weight is 213 g/mol. The molecule has 0 aromatic carbocycles. The predicted octanol–water partition coefficient (Wildman–Crippen LogP) is 0.933. The van der Waals surface area contributed by atoms with Gasteiger partial charge in [0.15, 0.2) is 0 Å². The lowest BCUT2D eigenvalue weighted by Crippen LogP contribution is -2.38. The Hall–Kier alpha value is -0.900. The first-order valence-corrected chi connectivity index (χ1v) is 5.41. The van der Waals surface area contributed by atoms with E-state index in [0.717, 1.165) is 6.42 Å². The number of nitrogens with zero attached hydrogens (tertiary/aromatic N) is 1. The van der Waals surface area contributed by atoms with Crippen LogP contribution in [0.2, 0.25) is 0 Å².